The molecule has 0 aromatic carbocycles. The molecule has 0 radical (unpaired) electrons. The van der Waals surface area contributed by atoms with Crippen LogP contribution in [-0.4, -0.2) is 22.1 Å². The number of aromatic nitrogens is 2. The highest BCUT2D eigenvalue weighted by Crippen LogP contribution is 2.27. The van der Waals surface area contributed by atoms with Gasteiger partial charge in [0.1, 0.15) is 0 Å². The highest BCUT2D eigenvalue weighted by atomic mass is 15.1. The van der Waals surface area contributed by atoms with Crippen molar-refractivity contribution in [3.63, 3.8) is 0 Å². The fourth-order valence-electron chi connectivity index (χ4n) is 3.52. The first-order chi connectivity index (χ1) is 9.81. The minimum Gasteiger partial charge on any atom is -0.330 e. The van der Waals surface area contributed by atoms with E-state index in [1.54, 1.807) is 0 Å². The Labute approximate surface area is 124 Å². The summed E-state index contributed by atoms with van der Waals surface area (Å²) in [6.45, 7) is 7.97. The van der Waals surface area contributed by atoms with E-state index in [4.69, 9.17) is 0 Å². The van der Waals surface area contributed by atoms with Crippen molar-refractivity contribution in [2.75, 3.05) is 6.54 Å². The van der Waals surface area contributed by atoms with Crippen molar-refractivity contribution in [3.8, 4) is 0 Å². The van der Waals surface area contributed by atoms with Crippen LogP contribution < -0.4 is 5.32 Å². The molecule has 3 heteroatoms. The molecule has 3 nitrogen and oxygen atoms in total. The average Bonchev–Trinajstić information content (AvgIpc) is 2.90. The Morgan fingerprint density at radius 3 is 2.70 bits per heavy atom. The van der Waals surface area contributed by atoms with Crippen molar-refractivity contribution in [2.24, 2.45) is 0 Å². The predicted octanol–water partition coefficient (Wildman–Crippen LogP) is 3.88. The summed E-state index contributed by atoms with van der Waals surface area (Å²) in [5, 5.41) is 3.77. The zero-order valence-corrected chi connectivity index (χ0v) is 13.5. The standard InChI is InChI=1S/C17H31N3/c1-4-9-14(18-12-5-2)16(6-3)20-13-19-15-10-7-8-11-17(15)20/h13-14,16,18H,4-12H2,1-3H3. The Morgan fingerprint density at radius 2 is 2.00 bits per heavy atom. The van der Waals surface area contributed by atoms with E-state index in [2.05, 4.69) is 42.0 Å². The first-order valence-electron chi connectivity index (χ1n) is 8.59. The van der Waals surface area contributed by atoms with Gasteiger partial charge in [0.05, 0.1) is 12.0 Å². The van der Waals surface area contributed by atoms with Gasteiger partial charge >= 0.3 is 0 Å². The topological polar surface area (TPSA) is 29.9 Å². The summed E-state index contributed by atoms with van der Waals surface area (Å²) in [6, 6.07) is 1.15. The van der Waals surface area contributed by atoms with Crippen LogP contribution >= 0.6 is 0 Å². The van der Waals surface area contributed by atoms with E-state index < -0.39 is 0 Å². The molecule has 2 atom stereocenters. The van der Waals surface area contributed by atoms with Gasteiger partial charge in [-0.15, -0.1) is 0 Å². The number of imidazole rings is 1. The molecule has 0 saturated heterocycles. The lowest BCUT2D eigenvalue weighted by Crippen LogP contribution is -2.38. The zero-order valence-electron chi connectivity index (χ0n) is 13.5. The van der Waals surface area contributed by atoms with E-state index in [9.17, 15) is 0 Å². The Balaban J connectivity index is 2.18. The van der Waals surface area contributed by atoms with E-state index >= 15 is 0 Å². The van der Waals surface area contributed by atoms with Crippen LogP contribution in [-0.2, 0) is 12.8 Å². The number of hydrogen-bond acceptors (Lipinski definition) is 2. The Hall–Kier alpha value is -0.830. The van der Waals surface area contributed by atoms with Crippen LogP contribution in [0.25, 0.3) is 0 Å². The minimum absolute atomic E-state index is 0.566. The monoisotopic (exact) mass is 277 g/mol. The Kier molecular flexibility index (Phi) is 6.08. The molecule has 1 aliphatic rings. The minimum atomic E-state index is 0.566. The second kappa shape index (κ2) is 7.82. The highest BCUT2D eigenvalue weighted by molar-refractivity contribution is 5.17. The van der Waals surface area contributed by atoms with Crippen LogP contribution in [0.15, 0.2) is 6.33 Å². The van der Waals surface area contributed by atoms with Crippen LogP contribution in [0.4, 0.5) is 0 Å². The highest BCUT2D eigenvalue weighted by Gasteiger charge is 2.25. The van der Waals surface area contributed by atoms with Gasteiger partial charge < -0.3 is 9.88 Å². The smallest absolute Gasteiger partial charge is 0.0954 e. The van der Waals surface area contributed by atoms with Crippen molar-refractivity contribution in [3.05, 3.63) is 17.7 Å². The predicted molar refractivity (Wildman–Crippen MR) is 85.2 cm³/mol. The van der Waals surface area contributed by atoms with Gasteiger partial charge in [-0.1, -0.05) is 27.2 Å². The van der Waals surface area contributed by atoms with Crippen LogP contribution in [0.3, 0.4) is 0 Å². The van der Waals surface area contributed by atoms with Gasteiger partial charge in [-0.3, -0.25) is 0 Å². The second-order valence-electron chi connectivity index (χ2n) is 6.08. The van der Waals surface area contributed by atoms with E-state index in [1.807, 2.05) is 0 Å². The molecule has 1 N–H and O–H groups in total. The SMILES string of the molecule is CCCNC(CCC)C(CC)n1cnc2c1CCCC2. The van der Waals surface area contributed by atoms with Crippen LogP contribution in [0.1, 0.15) is 76.7 Å². The van der Waals surface area contributed by atoms with Crippen molar-refractivity contribution >= 4 is 0 Å². The number of nitrogens with zero attached hydrogens (tertiary/aromatic N) is 2. The summed E-state index contributed by atoms with van der Waals surface area (Å²) in [4.78, 5) is 4.68. The lowest BCUT2D eigenvalue weighted by atomic mass is 9.97. The molecule has 2 unspecified atom stereocenters. The van der Waals surface area contributed by atoms with E-state index in [0.717, 1.165) is 6.54 Å². The Bertz CT molecular complexity index is 397. The number of fused-ring (bicyclic) bond motifs is 1. The molecule has 1 aromatic heterocycles. The van der Waals surface area contributed by atoms with E-state index in [1.165, 1.54) is 62.8 Å². The summed E-state index contributed by atoms with van der Waals surface area (Å²) < 4.78 is 2.50. The molecule has 0 bridgehead atoms. The van der Waals surface area contributed by atoms with Gasteiger partial charge in [0.2, 0.25) is 0 Å². The van der Waals surface area contributed by atoms with Crippen LogP contribution in [0.5, 0.6) is 0 Å². The first-order valence-corrected chi connectivity index (χ1v) is 8.59. The molecule has 1 aromatic rings. The molecule has 1 aliphatic carbocycles. The fraction of sp³-hybridized carbons (Fsp3) is 0.824. The van der Waals surface area contributed by atoms with Gasteiger partial charge in [0.15, 0.2) is 0 Å². The average molecular weight is 277 g/mol. The summed E-state index contributed by atoms with van der Waals surface area (Å²) in [5.74, 6) is 0. The second-order valence-corrected chi connectivity index (χ2v) is 6.08. The zero-order chi connectivity index (χ0) is 14.4. The largest absolute Gasteiger partial charge is 0.330 e. The summed E-state index contributed by atoms with van der Waals surface area (Å²) >= 11 is 0. The maximum atomic E-state index is 4.68. The molecule has 114 valence electrons. The molecule has 20 heavy (non-hydrogen) atoms. The molecule has 0 saturated carbocycles. The molecule has 0 amide bonds. The summed E-state index contributed by atoms with van der Waals surface area (Å²) in [6.07, 6.45) is 12.0. The van der Waals surface area contributed by atoms with Crippen molar-refractivity contribution in [1.82, 2.24) is 14.9 Å². The summed E-state index contributed by atoms with van der Waals surface area (Å²) in [5.41, 5.74) is 2.88. The molecular weight excluding hydrogens is 246 g/mol. The maximum absolute atomic E-state index is 4.68. The molecule has 0 fully saturated rings. The lowest BCUT2D eigenvalue weighted by molar-refractivity contribution is 0.314. The van der Waals surface area contributed by atoms with Crippen molar-refractivity contribution < 1.29 is 0 Å². The quantitative estimate of drug-likeness (QED) is 0.781. The molecular formula is C17H31N3. The third-order valence-corrected chi connectivity index (χ3v) is 4.56. The number of aryl methyl sites for hydroxylation is 1. The molecule has 0 spiro atoms. The van der Waals surface area contributed by atoms with Crippen LogP contribution in [0, 0.1) is 0 Å². The van der Waals surface area contributed by atoms with Gasteiger partial charge in [-0.25, -0.2) is 4.98 Å². The van der Waals surface area contributed by atoms with Gasteiger partial charge in [0.25, 0.3) is 0 Å². The van der Waals surface area contributed by atoms with Crippen LogP contribution in [0.2, 0.25) is 0 Å². The fourth-order valence-corrected chi connectivity index (χ4v) is 3.52. The third kappa shape index (κ3) is 3.43. The van der Waals surface area contributed by atoms with Gasteiger partial charge in [0, 0.05) is 17.8 Å². The molecule has 2 rings (SSSR count). The van der Waals surface area contributed by atoms with Gasteiger partial charge in [-0.05, 0) is 51.5 Å². The third-order valence-electron chi connectivity index (χ3n) is 4.56. The van der Waals surface area contributed by atoms with Crippen molar-refractivity contribution in [1.29, 1.82) is 0 Å². The molecule has 0 aliphatic heterocycles. The van der Waals surface area contributed by atoms with E-state index in [0.29, 0.717) is 12.1 Å². The number of nitrogens with one attached hydrogen (secondary N) is 1. The number of hydrogen-bond donors (Lipinski definition) is 1. The Morgan fingerprint density at radius 1 is 1.20 bits per heavy atom. The first kappa shape index (κ1) is 15.6. The number of rotatable bonds is 8. The van der Waals surface area contributed by atoms with Crippen molar-refractivity contribution in [2.45, 2.75) is 84.2 Å². The summed E-state index contributed by atoms with van der Waals surface area (Å²) in [7, 11) is 0. The molecule has 1 heterocycles. The maximum Gasteiger partial charge on any atom is 0.0954 e. The van der Waals surface area contributed by atoms with E-state index in [-0.39, 0.29) is 0 Å². The normalized spacial score (nSPS) is 17.8. The lowest BCUT2D eigenvalue weighted by Gasteiger charge is -2.30. The van der Waals surface area contributed by atoms with Gasteiger partial charge in [-0.2, -0.15) is 0 Å².